The van der Waals surface area contributed by atoms with Crippen LogP contribution in [0.4, 0.5) is 0 Å². The molecular formula is C14H15BrN2O. The molecule has 2 aromatic rings. The van der Waals surface area contributed by atoms with E-state index in [0.29, 0.717) is 5.69 Å². The van der Waals surface area contributed by atoms with Gasteiger partial charge >= 0.3 is 0 Å². The number of para-hydroxylation sites is 1. The van der Waals surface area contributed by atoms with E-state index in [1.54, 1.807) is 6.07 Å². The third kappa shape index (κ3) is 2.88. The molecular weight excluding hydrogens is 292 g/mol. The zero-order valence-corrected chi connectivity index (χ0v) is 11.8. The first kappa shape index (κ1) is 13.0. The van der Waals surface area contributed by atoms with Crippen LogP contribution in [0.25, 0.3) is 10.9 Å². The summed E-state index contributed by atoms with van der Waals surface area (Å²) >= 11 is 3.38. The Morgan fingerprint density at radius 2 is 2.11 bits per heavy atom. The molecule has 1 aromatic heterocycles. The fourth-order valence-corrected chi connectivity index (χ4v) is 2.32. The van der Waals surface area contributed by atoms with Gasteiger partial charge in [0.2, 0.25) is 0 Å². The fourth-order valence-electron chi connectivity index (χ4n) is 1.70. The van der Waals surface area contributed by atoms with E-state index in [0.717, 1.165) is 22.7 Å². The van der Waals surface area contributed by atoms with Gasteiger partial charge in [-0.3, -0.25) is 4.79 Å². The minimum atomic E-state index is -0.118. The molecule has 1 atom stereocenters. The predicted octanol–water partition coefficient (Wildman–Crippen LogP) is 3.14. The van der Waals surface area contributed by atoms with Crippen molar-refractivity contribution < 1.29 is 4.79 Å². The van der Waals surface area contributed by atoms with Crippen LogP contribution in [-0.4, -0.2) is 22.3 Å². The highest BCUT2D eigenvalue weighted by Crippen LogP contribution is 2.12. The van der Waals surface area contributed by atoms with Gasteiger partial charge in [0.05, 0.1) is 5.52 Å². The molecule has 0 radical (unpaired) electrons. The number of nitrogens with zero attached hydrogens (tertiary/aromatic N) is 1. The van der Waals surface area contributed by atoms with Crippen LogP contribution in [0.15, 0.2) is 36.4 Å². The summed E-state index contributed by atoms with van der Waals surface area (Å²) in [4.78, 5) is 16.4. The quantitative estimate of drug-likeness (QED) is 0.882. The fraction of sp³-hybridized carbons (Fsp3) is 0.286. The van der Waals surface area contributed by atoms with Crippen LogP contribution in [0.3, 0.4) is 0 Å². The molecule has 1 amide bonds. The monoisotopic (exact) mass is 306 g/mol. The topological polar surface area (TPSA) is 42.0 Å². The van der Waals surface area contributed by atoms with Gasteiger partial charge in [-0.2, -0.15) is 0 Å². The van der Waals surface area contributed by atoms with E-state index in [2.05, 4.69) is 26.2 Å². The van der Waals surface area contributed by atoms with Crippen LogP contribution < -0.4 is 5.32 Å². The lowest BCUT2D eigenvalue weighted by Crippen LogP contribution is -2.35. The summed E-state index contributed by atoms with van der Waals surface area (Å²) in [6.45, 7) is 2.04. The van der Waals surface area contributed by atoms with Crippen molar-refractivity contribution in [3.8, 4) is 0 Å². The minimum absolute atomic E-state index is 0.118. The van der Waals surface area contributed by atoms with Crippen molar-refractivity contribution in [3.05, 3.63) is 42.1 Å². The van der Waals surface area contributed by atoms with E-state index < -0.39 is 0 Å². The van der Waals surface area contributed by atoms with E-state index in [9.17, 15) is 4.79 Å². The second-order valence-electron chi connectivity index (χ2n) is 4.12. The summed E-state index contributed by atoms with van der Waals surface area (Å²) in [6.07, 6.45) is 0.893. The molecule has 1 N–H and O–H groups in total. The molecule has 0 aliphatic rings. The van der Waals surface area contributed by atoms with Crippen LogP contribution in [0, 0.1) is 0 Å². The number of nitrogens with one attached hydrogen (secondary N) is 1. The molecule has 0 saturated heterocycles. The molecule has 1 heterocycles. The van der Waals surface area contributed by atoms with Gasteiger partial charge in [0, 0.05) is 16.8 Å². The molecule has 0 fully saturated rings. The number of benzene rings is 1. The molecule has 1 aromatic carbocycles. The summed E-state index contributed by atoms with van der Waals surface area (Å²) in [5.41, 5.74) is 1.31. The molecule has 0 spiro atoms. The Balaban J connectivity index is 2.22. The van der Waals surface area contributed by atoms with Crippen molar-refractivity contribution in [1.29, 1.82) is 0 Å². The number of fused-ring (bicyclic) bond motifs is 1. The van der Waals surface area contributed by atoms with Gasteiger partial charge in [0.25, 0.3) is 5.91 Å². The van der Waals surface area contributed by atoms with Crippen LogP contribution >= 0.6 is 15.9 Å². The van der Waals surface area contributed by atoms with Crippen LogP contribution in [0.2, 0.25) is 0 Å². The van der Waals surface area contributed by atoms with Gasteiger partial charge < -0.3 is 5.32 Å². The number of rotatable bonds is 4. The zero-order chi connectivity index (χ0) is 13.0. The number of alkyl halides is 1. The summed E-state index contributed by atoms with van der Waals surface area (Å²) in [7, 11) is 0. The SMILES string of the molecule is CCC(CBr)NC(=O)c1ccc2ccccc2n1. The van der Waals surface area contributed by atoms with Crippen molar-refractivity contribution in [2.24, 2.45) is 0 Å². The predicted molar refractivity (Wildman–Crippen MR) is 77.1 cm³/mol. The first-order valence-electron chi connectivity index (χ1n) is 5.97. The number of pyridine rings is 1. The molecule has 3 nitrogen and oxygen atoms in total. The Labute approximate surface area is 115 Å². The lowest BCUT2D eigenvalue weighted by Gasteiger charge is -2.13. The van der Waals surface area contributed by atoms with E-state index in [1.165, 1.54) is 0 Å². The van der Waals surface area contributed by atoms with Gasteiger partial charge in [-0.15, -0.1) is 0 Å². The maximum absolute atomic E-state index is 12.0. The lowest BCUT2D eigenvalue weighted by molar-refractivity contribution is 0.0935. The van der Waals surface area contributed by atoms with E-state index in [-0.39, 0.29) is 11.9 Å². The van der Waals surface area contributed by atoms with Crippen molar-refractivity contribution in [2.75, 3.05) is 5.33 Å². The molecule has 94 valence electrons. The minimum Gasteiger partial charge on any atom is -0.347 e. The second-order valence-corrected chi connectivity index (χ2v) is 4.77. The second kappa shape index (κ2) is 5.96. The standard InChI is InChI=1S/C14H15BrN2O/c1-2-11(9-15)16-14(18)13-8-7-10-5-3-4-6-12(10)17-13/h3-8,11H,2,9H2,1H3,(H,16,18). The first-order chi connectivity index (χ1) is 8.74. The molecule has 0 bridgehead atoms. The third-order valence-corrected chi connectivity index (χ3v) is 3.63. The highest BCUT2D eigenvalue weighted by molar-refractivity contribution is 9.09. The maximum Gasteiger partial charge on any atom is 0.270 e. The van der Waals surface area contributed by atoms with E-state index in [1.807, 2.05) is 37.3 Å². The summed E-state index contributed by atoms with van der Waals surface area (Å²) in [5, 5.41) is 4.74. The van der Waals surface area contributed by atoms with Crippen molar-refractivity contribution >= 4 is 32.7 Å². The number of amides is 1. The number of carbonyl (C=O) groups excluding carboxylic acids is 1. The van der Waals surface area contributed by atoms with Gasteiger partial charge in [-0.05, 0) is 18.6 Å². The molecule has 1 unspecified atom stereocenters. The average molecular weight is 307 g/mol. The highest BCUT2D eigenvalue weighted by atomic mass is 79.9. The van der Waals surface area contributed by atoms with Gasteiger partial charge in [0.1, 0.15) is 5.69 Å². The molecule has 2 rings (SSSR count). The van der Waals surface area contributed by atoms with Crippen molar-refractivity contribution in [2.45, 2.75) is 19.4 Å². The molecule has 0 saturated carbocycles. The largest absolute Gasteiger partial charge is 0.347 e. The van der Waals surface area contributed by atoms with Crippen molar-refractivity contribution in [1.82, 2.24) is 10.3 Å². The lowest BCUT2D eigenvalue weighted by atomic mass is 10.2. The van der Waals surface area contributed by atoms with Gasteiger partial charge in [0.15, 0.2) is 0 Å². The van der Waals surface area contributed by atoms with Crippen LogP contribution in [0.1, 0.15) is 23.8 Å². The van der Waals surface area contributed by atoms with Crippen molar-refractivity contribution in [3.63, 3.8) is 0 Å². The zero-order valence-electron chi connectivity index (χ0n) is 10.2. The Morgan fingerprint density at radius 1 is 1.33 bits per heavy atom. The molecule has 18 heavy (non-hydrogen) atoms. The number of hydrogen-bond donors (Lipinski definition) is 1. The first-order valence-corrected chi connectivity index (χ1v) is 7.09. The summed E-state index contributed by atoms with van der Waals surface area (Å²) in [5.74, 6) is -0.118. The number of halogens is 1. The number of carbonyl (C=O) groups is 1. The highest BCUT2D eigenvalue weighted by Gasteiger charge is 2.12. The average Bonchev–Trinajstić information content (AvgIpc) is 2.44. The van der Waals surface area contributed by atoms with E-state index >= 15 is 0 Å². The smallest absolute Gasteiger partial charge is 0.270 e. The summed E-state index contributed by atoms with van der Waals surface area (Å²) < 4.78 is 0. The Morgan fingerprint density at radius 3 is 2.83 bits per heavy atom. The normalized spacial score (nSPS) is 12.3. The number of aromatic nitrogens is 1. The van der Waals surface area contributed by atoms with Gasteiger partial charge in [-0.1, -0.05) is 47.1 Å². The number of hydrogen-bond acceptors (Lipinski definition) is 2. The molecule has 0 aliphatic heterocycles. The maximum atomic E-state index is 12.0. The third-order valence-electron chi connectivity index (χ3n) is 2.85. The Bertz CT molecular complexity index is 552. The summed E-state index contributed by atoms with van der Waals surface area (Å²) in [6, 6.07) is 11.6. The Hall–Kier alpha value is -1.42. The van der Waals surface area contributed by atoms with Gasteiger partial charge in [-0.25, -0.2) is 4.98 Å². The molecule has 0 aliphatic carbocycles. The van der Waals surface area contributed by atoms with Crippen LogP contribution in [0.5, 0.6) is 0 Å². The Kier molecular flexibility index (Phi) is 4.31. The van der Waals surface area contributed by atoms with Crippen LogP contribution in [-0.2, 0) is 0 Å². The molecule has 4 heteroatoms. The van der Waals surface area contributed by atoms with E-state index in [4.69, 9.17) is 0 Å².